The number of hydrogen-bond donors (Lipinski definition) is 1. The first-order valence-corrected chi connectivity index (χ1v) is 11.3. The minimum Gasteiger partial charge on any atom is -0.493 e. The predicted molar refractivity (Wildman–Crippen MR) is 120 cm³/mol. The molecule has 1 amide bonds. The van der Waals surface area contributed by atoms with E-state index in [1.54, 1.807) is 6.92 Å². The third-order valence-corrected chi connectivity index (χ3v) is 6.92. The molecule has 0 radical (unpaired) electrons. The zero-order valence-corrected chi connectivity index (χ0v) is 19.3. The van der Waals surface area contributed by atoms with Crippen molar-refractivity contribution >= 4 is 21.4 Å². The Morgan fingerprint density at radius 2 is 1.64 bits per heavy atom. The Labute approximate surface area is 190 Å². The number of carbonyl (C=O) groups is 1. The molecule has 0 bridgehead atoms. The van der Waals surface area contributed by atoms with Crippen molar-refractivity contribution in [3.05, 3.63) is 76.0 Å². The fourth-order valence-corrected chi connectivity index (χ4v) is 4.98. The summed E-state index contributed by atoms with van der Waals surface area (Å²) in [4.78, 5) is 25.2. The van der Waals surface area contributed by atoms with Crippen LogP contribution >= 0.6 is 0 Å². The highest BCUT2D eigenvalue weighted by molar-refractivity contribution is 7.91. The summed E-state index contributed by atoms with van der Waals surface area (Å²) in [5.74, 6) is -0.483. The van der Waals surface area contributed by atoms with Crippen molar-refractivity contribution in [2.24, 2.45) is 0 Å². The van der Waals surface area contributed by atoms with Gasteiger partial charge in [0.15, 0.2) is 11.5 Å². The quantitative estimate of drug-likeness (QED) is 0.565. The van der Waals surface area contributed by atoms with E-state index in [-0.39, 0.29) is 16.2 Å². The van der Waals surface area contributed by atoms with Crippen LogP contribution in [0.3, 0.4) is 0 Å². The Balaban J connectivity index is 2.02. The molecule has 0 fully saturated rings. The van der Waals surface area contributed by atoms with Gasteiger partial charge in [-0.25, -0.2) is 12.8 Å². The molecule has 33 heavy (non-hydrogen) atoms. The molecule has 1 N–H and O–H groups in total. The predicted octanol–water partition coefficient (Wildman–Crippen LogP) is 3.09. The lowest BCUT2D eigenvalue weighted by Gasteiger charge is -2.16. The number of methoxy groups -OCH3 is 2. The third kappa shape index (κ3) is 4.90. The number of ether oxygens (including phenoxy) is 2. The molecule has 0 spiro atoms. The number of aromatic nitrogens is 1. The van der Waals surface area contributed by atoms with Crippen molar-refractivity contribution < 1.29 is 27.1 Å². The van der Waals surface area contributed by atoms with Crippen molar-refractivity contribution in [2.45, 2.75) is 30.2 Å². The van der Waals surface area contributed by atoms with Crippen LogP contribution in [0.2, 0.25) is 0 Å². The van der Waals surface area contributed by atoms with Gasteiger partial charge in [-0.05, 0) is 61.9 Å². The Bertz CT molecular complexity index is 1360. The normalized spacial score (nSPS) is 11.2. The van der Waals surface area contributed by atoms with Gasteiger partial charge in [0.05, 0.1) is 19.1 Å². The molecule has 0 atom stereocenters. The number of carbonyl (C=O) groups excluding carboxylic acids is 1. The lowest BCUT2D eigenvalue weighted by atomic mass is 10.2. The van der Waals surface area contributed by atoms with E-state index in [0.717, 1.165) is 4.57 Å². The number of benzene rings is 2. The molecule has 10 heteroatoms. The van der Waals surface area contributed by atoms with E-state index in [4.69, 9.17) is 9.47 Å². The molecule has 0 aliphatic carbocycles. The lowest BCUT2D eigenvalue weighted by Crippen LogP contribution is -2.33. The zero-order chi connectivity index (χ0) is 24.3. The lowest BCUT2D eigenvalue weighted by molar-refractivity contribution is -0.116. The molecule has 3 rings (SSSR count). The number of amides is 1. The molecule has 8 nitrogen and oxygen atoms in total. The van der Waals surface area contributed by atoms with Gasteiger partial charge in [-0.15, -0.1) is 0 Å². The maximum Gasteiger partial charge on any atom is 0.270 e. The number of halogens is 1. The number of pyridine rings is 1. The number of nitrogens with zero attached hydrogens (tertiary/aromatic N) is 1. The largest absolute Gasteiger partial charge is 0.493 e. The summed E-state index contributed by atoms with van der Waals surface area (Å²) in [6.45, 7) is 2.70. The van der Waals surface area contributed by atoms with E-state index >= 15 is 0 Å². The summed E-state index contributed by atoms with van der Waals surface area (Å²) in [5.41, 5.74) is 0.189. The second-order valence-corrected chi connectivity index (χ2v) is 9.15. The van der Waals surface area contributed by atoms with Crippen LogP contribution in [0.5, 0.6) is 11.5 Å². The van der Waals surface area contributed by atoms with Crippen LogP contribution in [0.15, 0.2) is 63.1 Å². The Kier molecular flexibility index (Phi) is 6.87. The van der Waals surface area contributed by atoms with Crippen LogP contribution in [-0.4, -0.2) is 33.1 Å². The summed E-state index contributed by atoms with van der Waals surface area (Å²) < 4.78 is 51.2. The highest BCUT2D eigenvalue weighted by Gasteiger charge is 2.27. The SMILES string of the molecule is COc1ccc(S(=O)(=O)c2c(C)cc(C)n(CC(=O)Nc3ccc(F)cc3)c2=O)cc1OC. The smallest absolute Gasteiger partial charge is 0.270 e. The van der Waals surface area contributed by atoms with Gasteiger partial charge in [0.2, 0.25) is 15.7 Å². The van der Waals surface area contributed by atoms with Gasteiger partial charge >= 0.3 is 0 Å². The first-order chi connectivity index (χ1) is 15.6. The number of nitrogens with one attached hydrogen (secondary N) is 1. The van der Waals surface area contributed by atoms with Gasteiger partial charge in [0, 0.05) is 17.4 Å². The standard InChI is InChI=1S/C23H23FN2O6S/c1-14-11-15(2)26(13-21(27)25-17-7-5-16(24)6-8-17)23(28)22(14)33(29,30)18-9-10-19(31-3)20(12-18)32-4/h5-12H,13H2,1-4H3,(H,25,27). The second-order valence-electron chi connectivity index (χ2n) is 7.26. The van der Waals surface area contributed by atoms with Crippen LogP contribution in [0, 0.1) is 19.7 Å². The molecule has 0 unspecified atom stereocenters. The first kappa shape index (κ1) is 24.0. The van der Waals surface area contributed by atoms with Crippen LogP contribution in [0.4, 0.5) is 10.1 Å². The van der Waals surface area contributed by atoms with Crippen LogP contribution in [0.25, 0.3) is 0 Å². The van der Waals surface area contributed by atoms with Crippen LogP contribution in [-0.2, 0) is 21.2 Å². The average molecular weight is 475 g/mol. The third-order valence-electron chi connectivity index (χ3n) is 5.01. The van der Waals surface area contributed by atoms with Gasteiger partial charge < -0.3 is 19.4 Å². The molecule has 1 aromatic heterocycles. The van der Waals surface area contributed by atoms with Gasteiger partial charge in [-0.2, -0.15) is 0 Å². The maximum atomic E-state index is 13.4. The second kappa shape index (κ2) is 9.45. The summed E-state index contributed by atoms with van der Waals surface area (Å²) in [6, 6.07) is 10.7. The molecule has 2 aromatic carbocycles. The molecule has 0 saturated carbocycles. The summed E-state index contributed by atoms with van der Waals surface area (Å²) in [5, 5.41) is 2.56. The zero-order valence-electron chi connectivity index (χ0n) is 18.5. The fraction of sp³-hybridized carbons (Fsp3) is 0.217. The van der Waals surface area contributed by atoms with Gasteiger partial charge in [0.1, 0.15) is 17.3 Å². The molecule has 0 aliphatic rings. The Morgan fingerprint density at radius 1 is 1.00 bits per heavy atom. The van der Waals surface area contributed by atoms with Crippen molar-refractivity contribution in [1.29, 1.82) is 0 Å². The van der Waals surface area contributed by atoms with E-state index in [9.17, 15) is 22.4 Å². The minimum absolute atomic E-state index is 0.147. The summed E-state index contributed by atoms with van der Waals surface area (Å²) >= 11 is 0. The van der Waals surface area contributed by atoms with Crippen LogP contribution < -0.4 is 20.3 Å². The number of anilines is 1. The van der Waals surface area contributed by atoms with Gasteiger partial charge in [-0.3, -0.25) is 9.59 Å². The summed E-state index contributed by atoms with van der Waals surface area (Å²) in [7, 11) is -1.44. The monoisotopic (exact) mass is 474 g/mol. The molecule has 0 saturated heterocycles. The molecule has 3 aromatic rings. The first-order valence-electron chi connectivity index (χ1n) is 9.82. The minimum atomic E-state index is -4.24. The fourth-order valence-electron chi connectivity index (χ4n) is 3.41. The topological polar surface area (TPSA) is 104 Å². The number of hydrogen-bond acceptors (Lipinski definition) is 6. The molecule has 1 heterocycles. The Hall–Kier alpha value is -3.66. The highest BCUT2D eigenvalue weighted by Crippen LogP contribution is 2.32. The molecular weight excluding hydrogens is 451 g/mol. The number of rotatable bonds is 7. The van der Waals surface area contributed by atoms with E-state index in [1.165, 1.54) is 69.7 Å². The van der Waals surface area contributed by atoms with E-state index in [0.29, 0.717) is 17.1 Å². The van der Waals surface area contributed by atoms with Crippen molar-refractivity contribution in [3.63, 3.8) is 0 Å². The van der Waals surface area contributed by atoms with Gasteiger partial charge in [-0.1, -0.05) is 0 Å². The number of sulfone groups is 1. The van der Waals surface area contributed by atoms with Crippen LogP contribution in [0.1, 0.15) is 11.3 Å². The maximum absolute atomic E-state index is 13.4. The highest BCUT2D eigenvalue weighted by atomic mass is 32.2. The number of aryl methyl sites for hydroxylation is 2. The van der Waals surface area contributed by atoms with Gasteiger partial charge in [0.25, 0.3) is 5.56 Å². The molecule has 174 valence electrons. The van der Waals surface area contributed by atoms with E-state index in [2.05, 4.69) is 5.32 Å². The van der Waals surface area contributed by atoms with E-state index in [1.807, 2.05) is 0 Å². The Morgan fingerprint density at radius 3 is 2.24 bits per heavy atom. The van der Waals surface area contributed by atoms with Crippen molar-refractivity contribution in [3.8, 4) is 11.5 Å². The summed E-state index contributed by atoms with van der Waals surface area (Å²) in [6.07, 6.45) is 0. The van der Waals surface area contributed by atoms with Crippen molar-refractivity contribution in [1.82, 2.24) is 4.57 Å². The average Bonchev–Trinajstić information content (AvgIpc) is 2.77. The van der Waals surface area contributed by atoms with Crippen molar-refractivity contribution in [2.75, 3.05) is 19.5 Å². The molecule has 0 aliphatic heterocycles. The van der Waals surface area contributed by atoms with E-state index < -0.39 is 38.6 Å². The molecular formula is C23H23FN2O6S.